The van der Waals surface area contributed by atoms with E-state index in [4.69, 9.17) is 0 Å². The molecule has 33 heavy (non-hydrogen) atoms. The van der Waals surface area contributed by atoms with Gasteiger partial charge in [-0.25, -0.2) is 0 Å². The van der Waals surface area contributed by atoms with Crippen LogP contribution in [0.3, 0.4) is 0 Å². The number of aryl methyl sites for hydroxylation is 1. The van der Waals surface area contributed by atoms with Crippen LogP contribution < -0.4 is 19.3 Å². The minimum Gasteiger partial charge on any atom is -0.351 e. The molecule has 0 aliphatic carbocycles. The Labute approximate surface area is 201 Å². The Balaban J connectivity index is 1.65. The summed E-state index contributed by atoms with van der Waals surface area (Å²) in [6.07, 6.45) is 10.4. The first-order valence-electron chi connectivity index (χ1n) is 11.2. The van der Waals surface area contributed by atoms with Crippen LogP contribution in [0.5, 0.6) is 0 Å². The van der Waals surface area contributed by atoms with Gasteiger partial charge in [0, 0.05) is 37.1 Å². The van der Waals surface area contributed by atoms with E-state index >= 15 is 0 Å². The molecule has 0 N–H and O–H groups in total. The largest absolute Gasteiger partial charge is 0.351 e. The van der Waals surface area contributed by atoms with Crippen LogP contribution in [0.15, 0.2) is 65.6 Å². The molecule has 2 aromatic carbocycles. The van der Waals surface area contributed by atoms with E-state index < -0.39 is 0 Å². The highest BCUT2D eigenvalue weighted by atomic mass is 32.1. The van der Waals surface area contributed by atoms with Crippen molar-refractivity contribution in [2.24, 2.45) is 0 Å². The summed E-state index contributed by atoms with van der Waals surface area (Å²) < 4.78 is 7.18. The first-order valence-corrected chi connectivity index (χ1v) is 12.8. The normalized spacial score (nSPS) is 15.7. The van der Waals surface area contributed by atoms with E-state index in [0.29, 0.717) is 6.54 Å². The van der Waals surface area contributed by atoms with Gasteiger partial charge >= 0.3 is 0 Å². The average Bonchev–Trinajstić information content (AvgIpc) is 3.34. The number of allylic oxidation sites excluding steroid dienone is 1. The zero-order valence-corrected chi connectivity index (χ0v) is 20.6. The summed E-state index contributed by atoms with van der Waals surface area (Å²) in [6, 6.07) is 16.8. The topological polar surface area (TPSA) is 29.1 Å². The van der Waals surface area contributed by atoms with Crippen molar-refractivity contribution in [2.45, 2.75) is 26.9 Å². The molecule has 0 spiro atoms. The zero-order chi connectivity index (χ0) is 22.9. The molecular weight excluding hydrogens is 446 g/mol. The summed E-state index contributed by atoms with van der Waals surface area (Å²) in [6.45, 7) is 5.73. The summed E-state index contributed by atoms with van der Waals surface area (Å²) in [7, 11) is 2.04. The third-order valence-corrected chi connectivity index (χ3v) is 8.13. The molecular formula is C27H26N3OS2+. The maximum Gasteiger partial charge on any atom is 0.269 e. The zero-order valence-electron chi connectivity index (χ0n) is 19.0. The molecule has 0 saturated heterocycles. The quantitative estimate of drug-likeness (QED) is 0.420. The Morgan fingerprint density at radius 1 is 1.00 bits per heavy atom. The number of hydrogen-bond acceptors (Lipinski definition) is 4. The Morgan fingerprint density at radius 2 is 1.79 bits per heavy atom. The van der Waals surface area contributed by atoms with E-state index in [1.165, 1.54) is 21.3 Å². The maximum absolute atomic E-state index is 13.2. The van der Waals surface area contributed by atoms with Crippen molar-refractivity contribution in [3.8, 4) is 0 Å². The fraction of sp³-hybridized carbons (Fsp3) is 0.185. The third kappa shape index (κ3) is 3.90. The van der Waals surface area contributed by atoms with Crippen LogP contribution >= 0.6 is 22.7 Å². The van der Waals surface area contributed by atoms with Crippen LogP contribution in [0.25, 0.3) is 34.1 Å². The van der Waals surface area contributed by atoms with E-state index in [-0.39, 0.29) is 5.56 Å². The highest BCUT2D eigenvalue weighted by Gasteiger charge is 2.17. The van der Waals surface area contributed by atoms with Gasteiger partial charge in [0.25, 0.3) is 10.6 Å². The second kappa shape index (κ2) is 8.96. The number of hydrogen-bond donors (Lipinski definition) is 0. The average molecular weight is 473 g/mol. The molecule has 4 aromatic rings. The molecule has 0 radical (unpaired) electrons. The van der Waals surface area contributed by atoms with Crippen molar-refractivity contribution in [2.75, 3.05) is 7.05 Å². The van der Waals surface area contributed by atoms with Crippen LogP contribution in [-0.4, -0.2) is 16.5 Å². The number of fused-ring (bicyclic) bond motifs is 2. The van der Waals surface area contributed by atoms with Crippen molar-refractivity contribution in [1.82, 2.24) is 9.47 Å². The molecule has 6 heteroatoms. The highest BCUT2D eigenvalue weighted by molar-refractivity contribution is 7.19. The maximum atomic E-state index is 13.2. The number of para-hydroxylation sites is 1. The molecule has 3 heterocycles. The van der Waals surface area contributed by atoms with Gasteiger partial charge in [-0.1, -0.05) is 47.7 Å². The summed E-state index contributed by atoms with van der Waals surface area (Å²) in [5.41, 5.74) is 4.75. The molecule has 0 amide bonds. The molecule has 0 fully saturated rings. The summed E-state index contributed by atoms with van der Waals surface area (Å²) >= 11 is 3.33. The lowest BCUT2D eigenvalue weighted by atomic mass is 10.0. The van der Waals surface area contributed by atoms with E-state index in [1.807, 2.05) is 30.7 Å². The van der Waals surface area contributed by atoms with E-state index in [1.54, 1.807) is 22.7 Å². The van der Waals surface area contributed by atoms with Crippen molar-refractivity contribution in [3.05, 3.63) is 96.5 Å². The molecule has 166 valence electrons. The van der Waals surface area contributed by atoms with E-state index in [2.05, 4.69) is 83.3 Å². The molecule has 0 saturated carbocycles. The van der Waals surface area contributed by atoms with Gasteiger partial charge < -0.3 is 4.90 Å². The monoisotopic (exact) mass is 472 g/mol. The van der Waals surface area contributed by atoms with E-state index in [9.17, 15) is 4.79 Å². The summed E-state index contributed by atoms with van der Waals surface area (Å²) in [5.74, 6) is 0. The third-order valence-electron chi connectivity index (χ3n) is 5.94. The van der Waals surface area contributed by atoms with Crippen LogP contribution in [0.4, 0.5) is 0 Å². The smallest absolute Gasteiger partial charge is 0.269 e. The molecule has 0 atom stereocenters. The van der Waals surface area contributed by atoms with Crippen molar-refractivity contribution >= 4 is 56.8 Å². The van der Waals surface area contributed by atoms with Gasteiger partial charge in [0.2, 0.25) is 5.52 Å². The molecule has 1 aliphatic heterocycles. The van der Waals surface area contributed by atoms with Crippen molar-refractivity contribution in [1.29, 1.82) is 0 Å². The second-order valence-corrected chi connectivity index (χ2v) is 10.0. The fourth-order valence-corrected chi connectivity index (χ4v) is 6.54. The van der Waals surface area contributed by atoms with Crippen molar-refractivity contribution in [3.63, 3.8) is 0 Å². The van der Waals surface area contributed by atoms with Gasteiger partial charge in [0.1, 0.15) is 15.9 Å². The van der Waals surface area contributed by atoms with Gasteiger partial charge in [-0.3, -0.25) is 9.36 Å². The van der Waals surface area contributed by atoms with Gasteiger partial charge in [-0.05, 0) is 43.7 Å². The Kier molecular flexibility index (Phi) is 5.87. The van der Waals surface area contributed by atoms with Gasteiger partial charge in [0.05, 0.1) is 10.6 Å². The molecule has 5 rings (SSSR count). The lowest BCUT2D eigenvalue weighted by molar-refractivity contribution is -0.665. The Bertz CT molecular complexity index is 1580. The van der Waals surface area contributed by atoms with Crippen LogP contribution in [-0.2, 0) is 13.1 Å². The fourth-order valence-electron chi connectivity index (χ4n) is 4.25. The molecule has 0 bridgehead atoms. The molecule has 0 unspecified atom stereocenters. The Morgan fingerprint density at radius 3 is 2.61 bits per heavy atom. The second-order valence-electron chi connectivity index (χ2n) is 7.88. The van der Waals surface area contributed by atoms with Crippen LogP contribution in [0, 0.1) is 0 Å². The van der Waals surface area contributed by atoms with Gasteiger partial charge in [0.15, 0.2) is 0 Å². The Hall–Kier alpha value is -3.22. The minimum absolute atomic E-state index is 0.0667. The lowest BCUT2D eigenvalue weighted by Crippen LogP contribution is -2.35. The first kappa shape index (κ1) is 21.6. The first-order chi connectivity index (χ1) is 16.1. The predicted octanol–water partition coefficient (Wildman–Crippen LogP) is 4.02. The highest BCUT2D eigenvalue weighted by Crippen LogP contribution is 2.27. The minimum atomic E-state index is 0.0667. The van der Waals surface area contributed by atoms with Gasteiger partial charge in [-0.2, -0.15) is 4.57 Å². The van der Waals surface area contributed by atoms with Crippen LogP contribution in [0.2, 0.25) is 0 Å². The lowest BCUT2D eigenvalue weighted by Gasteiger charge is -2.24. The van der Waals surface area contributed by atoms with Gasteiger partial charge in [-0.15, -0.1) is 11.3 Å². The number of thiazole rings is 2. The van der Waals surface area contributed by atoms with Crippen LogP contribution in [0.1, 0.15) is 30.0 Å². The number of benzene rings is 2. The number of aromatic nitrogens is 2. The summed E-state index contributed by atoms with van der Waals surface area (Å²) in [4.78, 5) is 15.3. The molecule has 4 nitrogen and oxygen atoms in total. The molecule has 1 aliphatic rings. The molecule has 2 aromatic heterocycles. The SMILES string of the molecule is CCn1c(=O)/c(=C/C=C2\c3ccccc3C=CN2C)s/c1=C/c1sc2ccccc2[n+]1CC. The number of rotatable bonds is 4. The van der Waals surface area contributed by atoms with E-state index in [0.717, 1.165) is 26.4 Å². The summed E-state index contributed by atoms with van der Waals surface area (Å²) in [5, 5.41) is 1.16. The van der Waals surface area contributed by atoms with Crippen molar-refractivity contribution < 1.29 is 4.57 Å². The number of nitrogens with zero attached hydrogens (tertiary/aromatic N) is 3. The predicted molar refractivity (Wildman–Crippen MR) is 140 cm³/mol. The standard InChI is InChI=1S/C27H26N3OS2/c1-4-29-22-12-8-9-13-23(22)32-25(29)18-26-30(5-2)27(31)24(33-26)15-14-21-20-11-7-6-10-19(20)16-17-28(21)3/h6-18H,4-5H2,1-3H3/q+1/b21-14+,24-15-.